The lowest BCUT2D eigenvalue weighted by molar-refractivity contribution is 0.354. The molecule has 3 N–H and O–H groups in total. The van der Waals surface area contributed by atoms with Gasteiger partial charge in [-0.05, 0) is 29.8 Å². The smallest absolute Gasteiger partial charge is 0.161 e. The summed E-state index contributed by atoms with van der Waals surface area (Å²) < 4.78 is 10.5. The highest BCUT2D eigenvalue weighted by Crippen LogP contribution is 2.31. The van der Waals surface area contributed by atoms with E-state index >= 15 is 0 Å². The number of methoxy groups -OCH3 is 2. The van der Waals surface area contributed by atoms with Gasteiger partial charge in [0.2, 0.25) is 0 Å². The van der Waals surface area contributed by atoms with Crippen molar-refractivity contribution in [2.75, 3.05) is 25.3 Å². The van der Waals surface area contributed by atoms with Gasteiger partial charge in [0.25, 0.3) is 0 Å². The molecule has 0 radical (unpaired) electrons. The minimum Gasteiger partial charge on any atom is -0.493 e. The summed E-state index contributed by atoms with van der Waals surface area (Å²) in [6, 6.07) is 14.4. The summed E-state index contributed by atoms with van der Waals surface area (Å²) in [5, 5.41) is 12.5. The highest BCUT2D eigenvalue weighted by molar-refractivity contribution is 5.67. The number of nitriles is 1. The van der Waals surface area contributed by atoms with Crippen molar-refractivity contribution >= 4 is 11.4 Å². The molecule has 0 bridgehead atoms. The zero-order valence-corrected chi connectivity index (χ0v) is 12.0. The summed E-state index contributed by atoms with van der Waals surface area (Å²) in [5.41, 5.74) is 7.98. The van der Waals surface area contributed by atoms with Crippen LogP contribution in [-0.2, 0) is 0 Å². The van der Waals surface area contributed by atoms with Crippen LogP contribution in [0, 0.1) is 11.3 Å². The Labute approximate surface area is 123 Å². The number of hydrogen-bond acceptors (Lipinski definition) is 5. The van der Waals surface area contributed by atoms with Crippen LogP contribution >= 0.6 is 0 Å². The Kier molecular flexibility index (Phi) is 4.52. The number of nitrogen functional groups attached to an aromatic ring is 1. The topological polar surface area (TPSA) is 80.3 Å². The molecule has 0 aliphatic rings. The molecule has 0 aliphatic heterocycles. The van der Waals surface area contributed by atoms with Crippen molar-refractivity contribution in [3.05, 3.63) is 48.0 Å². The summed E-state index contributed by atoms with van der Waals surface area (Å²) in [4.78, 5) is 0. The van der Waals surface area contributed by atoms with Crippen LogP contribution in [0.25, 0.3) is 0 Å². The second kappa shape index (κ2) is 6.53. The highest BCUT2D eigenvalue weighted by Gasteiger charge is 2.14. The van der Waals surface area contributed by atoms with Crippen LogP contribution in [0.2, 0.25) is 0 Å². The third-order valence-corrected chi connectivity index (χ3v) is 3.13. The molecule has 0 saturated carbocycles. The van der Waals surface area contributed by atoms with Gasteiger partial charge in [-0.15, -0.1) is 0 Å². The molecule has 5 nitrogen and oxygen atoms in total. The van der Waals surface area contributed by atoms with Crippen molar-refractivity contribution in [3.8, 4) is 17.6 Å². The molecule has 2 aromatic carbocycles. The van der Waals surface area contributed by atoms with Gasteiger partial charge >= 0.3 is 0 Å². The van der Waals surface area contributed by atoms with E-state index < -0.39 is 6.04 Å². The number of nitrogens with zero attached hydrogens (tertiary/aromatic N) is 1. The van der Waals surface area contributed by atoms with Crippen molar-refractivity contribution < 1.29 is 9.47 Å². The zero-order valence-electron chi connectivity index (χ0n) is 12.0. The molecule has 0 aliphatic carbocycles. The molecular weight excluding hydrogens is 266 g/mol. The lowest BCUT2D eigenvalue weighted by Crippen LogP contribution is -2.10. The maximum Gasteiger partial charge on any atom is 0.161 e. The summed E-state index contributed by atoms with van der Waals surface area (Å²) in [6.45, 7) is 0. The normalized spacial score (nSPS) is 11.3. The summed E-state index contributed by atoms with van der Waals surface area (Å²) >= 11 is 0. The van der Waals surface area contributed by atoms with Crippen LogP contribution < -0.4 is 20.5 Å². The highest BCUT2D eigenvalue weighted by atomic mass is 16.5. The van der Waals surface area contributed by atoms with Crippen LogP contribution in [0.5, 0.6) is 11.5 Å². The molecule has 2 aromatic rings. The summed E-state index contributed by atoms with van der Waals surface area (Å²) in [6.07, 6.45) is 0. The second-order valence-electron chi connectivity index (χ2n) is 4.41. The van der Waals surface area contributed by atoms with E-state index in [0.717, 1.165) is 11.3 Å². The number of nitrogens with two attached hydrogens (primary N) is 1. The maximum atomic E-state index is 9.40. The van der Waals surface area contributed by atoms with E-state index in [2.05, 4.69) is 11.4 Å². The number of para-hydroxylation sites is 2. The van der Waals surface area contributed by atoms with Crippen LogP contribution in [0.4, 0.5) is 11.4 Å². The first-order valence-electron chi connectivity index (χ1n) is 6.42. The Morgan fingerprint density at radius 1 is 1.10 bits per heavy atom. The molecule has 108 valence electrons. The fourth-order valence-electron chi connectivity index (χ4n) is 2.01. The number of benzene rings is 2. The van der Waals surface area contributed by atoms with E-state index in [0.29, 0.717) is 17.2 Å². The van der Waals surface area contributed by atoms with Crippen molar-refractivity contribution in [1.82, 2.24) is 0 Å². The van der Waals surface area contributed by atoms with Crippen molar-refractivity contribution in [2.24, 2.45) is 0 Å². The van der Waals surface area contributed by atoms with E-state index in [4.69, 9.17) is 15.2 Å². The lowest BCUT2D eigenvalue weighted by Gasteiger charge is -2.16. The fraction of sp³-hybridized carbons (Fsp3) is 0.188. The van der Waals surface area contributed by atoms with Crippen molar-refractivity contribution in [2.45, 2.75) is 6.04 Å². The first-order valence-corrected chi connectivity index (χ1v) is 6.42. The van der Waals surface area contributed by atoms with Gasteiger partial charge < -0.3 is 20.5 Å². The Bertz CT molecular complexity index is 665. The Balaban J connectivity index is 2.30. The van der Waals surface area contributed by atoms with Crippen LogP contribution in [0.3, 0.4) is 0 Å². The molecule has 0 unspecified atom stereocenters. The average molecular weight is 283 g/mol. The van der Waals surface area contributed by atoms with Gasteiger partial charge in [-0.3, -0.25) is 0 Å². The van der Waals surface area contributed by atoms with Gasteiger partial charge in [-0.1, -0.05) is 18.2 Å². The monoisotopic (exact) mass is 283 g/mol. The largest absolute Gasteiger partial charge is 0.493 e. The van der Waals surface area contributed by atoms with Gasteiger partial charge in [-0.2, -0.15) is 5.26 Å². The zero-order chi connectivity index (χ0) is 15.2. The summed E-state index contributed by atoms with van der Waals surface area (Å²) in [7, 11) is 3.13. The molecule has 2 rings (SSSR count). The third-order valence-electron chi connectivity index (χ3n) is 3.13. The predicted octanol–water partition coefficient (Wildman–Crippen LogP) is 2.96. The van der Waals surface area contributed by atoms with Gasteiger partial charge in [0.15, 0.2) is 11.5 Å². The van der Waals surface area contributed by atoms with Gasteiger partial charge in [0.05, 0.1) is 31.7 Å². The van der Waals surface area contributed by atoms with Crippen LogP contribution in [-0.4, -0.2) is 14.2 Å². The van der Waals surface area contributed by atoms with Crippen molar-refractivity contribution in [3.63, 3.8) is 0 Å². The van der Waals surface area contributed by atoms with Gasteiger partial charge in [-0.25, -0.2) is 0 Å². The number of rotatable bonds is 5. The fourth-order valence-corrected chi connectivity index (χ4v) is 2.01. The van der Waals surface area contributed by atoms with E-state index in [1.54, 1.807) is 32.4 Å². The Morgan fingerprint density at radius 3 is 2.43 bits per heavy atom. The molecule has 0 amide bonds. The van der Waals surface area contributed by atoms with Crippen LogP contribution in [0.1, 0.15) is 11.6 Å². The van der Waals surface area contributed by atoms with E-state index in [1.165, 1.54) is 0 Å². The SMILES string of the molecule is COc1ccc([C@H](C#N)Nc2ccccc2N)cc1OC. The molecule has 5 heteroatoms. The number of nitrogens with one attached hydrogen (secondary N) is 1. The van der Waals surface area contributed by atoms with Gasteiger partial charge in [0.1, 0.15) is 6.04 Å². The minimum absolute atomic E-state index is 0.533. The standard InChI is InChI=1S/C16H17N3O2/c1-20-15-8-7-11(9-16(15)21-2)14(10-17)19-13-6-4-3-5-12(13)18/h3-9,14,19H,18H2,1-2H3/t14-/m0/s1. The Morgan fingerprint density at radius 2 is 1.81 bits per heavy atom. The Hall–Kier alpha value is -2.87. The maximum absolute atomic E-state index is 9.40. The number of ether oxygens (including phenoxy) is 2. The molecule has 0 spiro atoms. The van der Waals surface area contributed by atoms with E-state index in [1.807, 2.05) is 24.3 Å². The number of anilines is 2. The first-order chi connectivity index (χ1) is 10.2. The molecule has 0 heterocycles. The summed E-state index contributed by atoms with van der Waals surface area (Å²) in [5.74, 6) is 1.20. The third kappa shape index (κ3) is 3.18. The van der Waals surface area contributed by atoms with Gasteiger partial charge in [0, 0.05) is 0 Å². The molecule has 0 saturated heterocycles. The number of hydrogen-bond donors (Lipinski definition) is 2. The molecule has 0 fully saturated rings. The second-order valence-corrected chi connectivity index (χ2v) is 4.41. The molecule has 21 heavy (non-hydrogen) atoms. The molecular formula is C16H17N3O2. The molecule has 1 atom stereocenters. The first kappa shape index (κ1) is 14.5. The van der Waals surface area contributed by atoms with E-state index in [-0.39, 0.29) is 0 Å². The minimum atomic E-state index is -0.533. The van der Waals surface area contributed by atoms with E-state index in [9.17, 15) is 5.26 Å². The van der Waals surface area contributed by atoms with Crippen LogP contribution in [0.15, 0.2) is 42.5 Å². The molecule has 0 aromatic heterocycles. The average Bonchev–Trinajstić information content (AvgIpc) is 2.53. The predicted molar refractivity (Wildman–Crippen MR) is 82.4 cm³/mol. The quantitative estimate of drug-likeness (QED) is 0.825. The lowest BCUT2D eigenvalue weighted by atomic mass is 10.1. The van der Waals surface area contributed by atoms with Crippen molar-refractivity contribution in [1.29, 1.82) is 5.26 Å².